The molecule has 1 aromatic carbocycles. The van der Waals surface area contributed by atoms with E-state index in [-0.39, 0.29) is 0 Å². The van der Waals surface area contributed by atoms with Gasteiger partial charge in [0, 0.05) is 0 Å². The van der Waals surface area contributed by atoms with Gasteiger partial charge in [-0.25, -0.2) is 0 Å². The van der Waals surface area contributed by atoms with Crippen molar-refractivity contribution in [2.75, 3.05) is 0 Å². The van der Waals surface area contributed by atoms with E-state index in [0.717, 1.165) is 24.2 Å². The fourth-order valence-electron chi connectivity index (χ4n) is 2.14. The summed E-state index contributed by atoms with van der Waals surface area (Å²) in [7, 11) is 0. The van der Waals surface area contributed by atoms with Gasteiger partial charge in [-0.15, -0.1) is 0 Å². The van der Waals surface area contributed by atoms with E-state index in [1.54, 1.807) is 0 Å². The Bertz CT molecular complexity index is 389. The summed E-state index contributed by atoms with van der Waals surface area (Å²) < 4.78 is 5.75. The molecule has 0 aromatic heterocycles. The second-order valence-corrected chi connectivity index (χ2v) is 5.27. The maximum absolute atomic E-state index is 10.4. The largest absolute Gasteiger partial charge is 0.490 e. The van der Waals surface area contributed by atoms with Crippen LogP contribution < -0.4 is 4.74 Å². The second kappa shape index (κ2) is 3.49. The van der Waals surface area contributed by atoms with Crippen molar-refractivity contribution < 1.29 is 9.84 Å². The van der Waals surface area contributed by atoms with Crippen molar-refractivity contribution in [3.05, 3.63) is 29.8 Å². The van der Waals surface area contributed by atoms with Crippen molar-refractivity contribution in [1.82, 2.24) is 0 Å². The average molecular weight is 218 g/mol. The molecule has 0 spiro atoms. The first kappa shape index (κ1) is 10.2. The molecule has 3 rings (SSSR count). The summed E-state index contributed by atoms with van der Waals surface area (Å²) in [6.07, 6.45) is 5.04. The van der Waals surface area contributed by atoms with Crippen LogP contribution in [0.2, 0.25) is 0 Å². The maximum Gasteiger partial charge on any atom is 0.120 e. The molecular formula is C14H18O2. The van der Waals surface area contributed by atoms with E-state index in [9.17, 15) is 5.11 Å². The highest BCUT2D eigenvalue weighted by Gasteiger charge is 2.41. The van der Waals surface area contributed by atoms with E-state index in [0.29, 0.717) is 12.0 Å². The molecule has 0 radical (unpaired) electrons. The molecule has 1 atom stereocenters. The van der Waals surface area contributed by atoms with Gasteiger partial charge in [-0.1, -0.05) is 12.1 Å². The van der Waals surface area contributed by atoms with E-state index >= 15 is 0 Å². The van der Waals surface area contributed by atoms with Gasteiger partial charge in [0.05, 0.1) is 11.7 Å². The summed E-state index contributed by atoms with van der Waals surface area (Å²) in [5.74, 6) is 1.34. The lowest BCUT2D eigenvalue weighted by molar-refractivity contribution is 0.0328. The van der Waals surface area contributed by atoms with Crippen LogP contribution in [-0.2, 0) is 5.60 Å². The molecule has 2 saturated carbocycles. The Labute approximate surface area is 96.2 Å². The van der Waals surface area contributed by atoms with Gasteiger partial charge in [-0.05, 0) is 56.2 Å². The van der Waals surface area contributed by atoms with Crippen LogP contribution >= 0.6 is 0 Å². The molecule has 0 saturated heterocycles. The second-order valence-electron chi connectivity index (χ2n) is 5.27. The third-order valence-corrected chi connectivity index (χ3v) is 3.62. The van der Waals surface area contributed by atoms with Crippen LogP contribution in [0.15, 0.2) is 24.3 Å². The zero-order chi connectivity index (χ0) is 11.2. The van der Waals surface area contributed by atoms with Gasteiger partial charge in [0.15, 0.2) is 0 Å². The first-order valence-electron chi connectivity index (χ1n) is 6.16. The van der Waals surface area contributed by atoms with Gasteiger partial charge in [-0.3, -0.25) is 0 Å². The average Bonchev–Trinajstić information content (AvgIpc) is 3.12. The SMILES string of the molecule is CC(O)(c1cccc(OC2CC2)c1)C1CC1. The third-order valence-electron chi connectivity index (χ3n) is 3.62. The molecule has 0 aliphatic heterocycles. The summed E-state index contributed by atoms with van der Waals surface area (Å²) in [6, 6.07) is 7.95. The number of hydrogen-bond donors (Lipinski definition) is 1. The number of rotatable bonds is 4. The molecule has 16 heavy (non-hydrogen) atoms. The van der Waals surface area contributed by atoms with E-state index in [1.165, 1.54) is 12.8 Å². The Balaban J connectivity index is 1.82. The predicted molar refractivity (Wildman–Crippen MR) is 62.4 cm³/mol. The number of benzene rings is 1. The Morgan fingerprint density at radius 1 is 1.25 bits per heavy atom. The van der Waals surface area contributed by atoms with Gasteiger partial charge < -0.3 is 9.84 Å². The van der Waals surface area contributed by atoms with Gasteiger partial charge in [0.25, 0.3) is 0 Å². The van der Waals surface area contributed by atoms with Crippen molar-refractivity contribution in [2.24, 2.45) is 5.92 Å². The molecule has 86 valence electrons. The van der Waals surface area contributed by atoms with E-state index < -0.39 is 5.60 Å². The van der Waals surface area contributed by atoms with Crippen LogP contribution in [0.25, 0.3) is 0 Å². The van der Waals surface area contributed by atoms with Crippen molar-refractivity contribution in [2.45, 2.75) is 44.3 Å². The lowest BCUT2D eigenvalue weighted by Crippen LogP contribution is -2.23. The Kier molecular flexibility index (Phi) is 2.21. The van der Waals surface area contributed by atoms with Crippen LogP contribution in [0.5, 0.6) is 5.75 Å². The lowest BCUT2D eigenvalue weighted by atomic mass is 9.91. The zero-order valence-electron chi connectivity index (χ0n) is 9.65. The molecule has 1 unspecified atom stereocenters. The van der Waals surface area contributed by atoms with Crippen molar-refractivity contribution in [3.63, 3.8) is 0 Å². The van der Waals surface area contributed by atoms with Crippen molar-refractivity contribution >= 4 is 0 Å². The minimum absolute atomic E-state index is 0.418. The summed E-state index contributed by atoms with van der Waals surface area (Å²) in [5.41, 5.74) is 0.316. The van der Waals surface area contributed by atoms with Gasteiger partial charge >= 0.3 is 0 Å². The highest BCUT2D eigenvalue weighted by Crippen LogP contribution is 2.46. The smallest absolute Gasteiger partial charge is 0.120 e. The molecule has 2 aliphatic carbocycles. The molecule has 2 fully saturated rings. The highest BCUT2D eigenvalue weighted by molar-refractivity contribution is 5.33. The summed E-state index contributed by atoms with van der Waals surface area (Å²) in [4.78, 5) is 0. The third kappa shape index (κ3) is 1.94. The Hall–Kier alpha value is -1.02. The monoisotopic (exact) mass is 218 g/mol. The quantitative estimate of drug-likeness (QED) is 0.842. The van der Waals surface area contributed by atoms with Crippen LogP contribution in [0, 0.1) is 5.92 Å². The first-order chi connectivity index (χ1) is 7.66. The molecule has 2 aliphatic rings. The standard InChI is InChI=1S/C14H18O2/c1-14(15,10-5-6-10)11-3-2-4-13(9-11)16-12-7-8-12/h2-4,9-10,12,15H,5-8H2,1H3. The maximum atomic E-state index is 10.4. The molecular weight excluding hydrogens is 200 g/mol. The number of hydrogen-bond acceptors (Lipinski definition) is 2. The first-order valence-corrected chi connectivity index (χ1v) is 6.16. The fourth-order valence-corrected chi connectivity index (χ4v) is 2.14. The Morgan fingerprint density at radius 3 is 2.62 bits per heavy atom. The van der Waals surface area contributed by atoms with Gasteiger partial charge in [0.2, 0.25) is 0 Å². The van der Waals surface area contributed by atoms with Gasteiger partial charge in [0.1, 0.15) is 5.75 Å². The zero-order valence-corrected chi connectivity index (χ0v) is 9.65. The van der Waals surface area contributed by atoms with E-state index in [4.69, 9.17) is 4.74 Å². The lowest BCUT2D eigenvalue weighted by Gasteiger charge is -2.24. The fraction of sp³-hybridized carbons (Fsp3) is 0.571. The molecule has 0 bridgehead atoms. The van der Waals surface area contributed by atoms with Crippen molar-refractivity contribution in [1.29, 1.82) is 0 Å². The molecule has 0 heterocycles. The van der Waals surface area contributed by atoms with E-state index in [1.807, 2.05) is 31.2 Å². The van der Waals surface area contributed by atoms with Crippen LogP contribution in [0.1, 0.15) is 38.2 Å². The summed E-state index contributed by atoms with van der Waals surface area (Å²) in [6.45, 7) is 1.92. The minimum Gasteiger partial charge on any atom is -0.490 e. The van der Waals surface area contributed by atoms with Crippen molar-refractivity contribution in [3.8, 4) is 5.75 Å². The Morgan fingerprint density at radius 2 is 2.00 bits per heavy atom. The van der Waals surface area contributed by atoms with Crippen LogP contribution in [0.4, 0.5) is 0 Å². The topological polar surface area (TPSA) is 29.5 Å². The summed E-state index contributed by atoms with van der Waals surface area (Å²) >= 11 is 0. The molecule has 0 amide bonds. The summed E-state index contributed by atoms with van der Waals surface area (Å²) in [5, 5.41) is 10.4. The van der Waals surface area contributed by atoms with Crippen LogP contribution in [-0.4, -0.2) is 11.2 Å². The predicted octanol–water partition coefficient (Wildman–Crippen LogP) is 2.85. The molecule has 1 aromatic rings. The van der Waals surface area contributed by atoms with Gasteiger partial charge in [-0.2, -0.15) is 0 Å². The van der Waals surface area contributed by atoms with E-state index in [2.05, 4.69) is 0 Å². The molecule has 1 N–H and O–H groups in total. The minimum atomic E-state index is -0.678. The number of ether oxygens (including phenoxy) is 1. The normalized spacial score (nSPS) is 23.9. The van der Waals surface area contributed by atoms with Crippen LogP contribution in [0.3, 0.4) is 0 Å². The molecule has 2 heteroatoms. The molecule has 2 nitrogen and oxygen atoms in total. The highest BCUT2D eigenvalue weighted by atomic mass is 16.5. The number of aliphatic hydroxyl groups is 1.